The Labute approximate surface area is 110 Å². The molecule has 0 spiro atoms. The molecule has 4 nitrogen and oxygen atoms in total. The average Bonchev–Trinajstić information content (AvgIpc) is 2.92. The van der Waals surface area contributed by atoms with E-state index in [9.17, 15) is 0 Å². The zero-order valence-electron chi connectivity index (χ0n) is 11.9. The molecule has 18 heavy (non-hydrogen) atoms. The highest BCUT2D eigenvalue weighted by Crippen LogP contribution is 2.29. The van der Waals surface area contributed by atoms with Crippen LogP contribution in [-0.4, -0.2) is 16.3 Å². The second-order valence-corrected chi connectivity index (χ2v) is 5.75. The van der Waals surface area contributed by atoms with Gasteiger partial charge in [0.1, 0.15) is 5.82 Å². The van der Waals surface area contributed by atoms with Gasteiger partial charge in [-0.25, -0.2) is 4.68 Å². The molecule has 0 atom stereocenters. The van der Waals surface area contributed by atoms with Gasteiger partial charge in [-0.3, -0.25) is 0 Å². The third-order valence-corrected chi connectivity index (χ3v) is 3.94. The predicted octanol–water partition coefficient (Wildman–Crippen LogP) is 3.35. The van der Waals surface area contributed by atoms with Crippen LogP contribution in [0.4, 0.5) is 11.5 Å². The summed E-state index contributed by atoms with van der Waals surface area (Å²) >= 11 is 0. The maximum absolute atomic E-state index is 6.09. The molecule has 1 aromatic rings. The predicted molar refractivity (Wildman–Crippen MR) is 76.8 cm³/mol. The van der Waals surface area contributed by atoms with E-state index in [0.717, 1.165) is 29.7 Å². The number of nitrogens with two attached hydrogens (primary N) is 1. The van der Waals surface area contributed by atoms with E-state index < -0.39 is 0 Å². The summed E-state index contributed by atoms with van der Waals surface area (Å²) < 4.78 is 2.00. The van der Waals surface area contributed by atoms with Crippen molar-refractivity contribution >= 4 is 11.5 Å². The van der Waals surface area contributed by atoms with E-state index in [2.05, 4.69) is 24.3 Å². The number of nitrogen functional groups attached to an aromatic ring is 1. The first-order valence-electron chi connectivity index (χ1n) is 7.18. The fourth-order valence-electron chi connectivity index (χ4n) is 2.80. The summed E-state index contributed by atoms with van der Waals surface area (Å²) in [7, 11) is 0. The molecular formula is C14H26N4. The molecule has 3 N–H and O–H groups in total. The molecule has 1 aliphatic carbocycles. The van der Waals surface area contributed by atoms with Crippen molar-refractivity contribution in [2.45, 2.75) is 58.9 Å². The lowest BCUT2D eigenvalue weighted by Gasteiger charge is -2.15. The highest BCUT2D eigenvalue weighted by molar-refractivity contribution is 5.64. The van der Waals surface area contributed by atoms with Crippen LogP contribution >= 0.6 is 0 Å². The summed E-state index contributed by atoms with van der Waals surface area (Å²) in [5.41, 5.74) is 7.81. The van der Waals surface area contributed by atoms with Crippen molar-refractivity contribution in [3.05, 3.63) is 5.69 Å². The van der Waals surface area contributed by atoms with Crippen molar-refractivity contribution < 1.29 is 0 Å². The lowest BCUT2D eigenvalue weighted by Crippen LogP contribution is -2.13. The van der Waals surface area contributed by atoms with E-state index in [1.54, 1.807) is 0 Å². The van der Waals surface area contributed by atoms with Crippen LogP contribution in [0.3, 0.4) is 0 Å². The molecule has 1 saturated carbocycles. The molecule has 0 aliphatic heterocycles. The van der Waals surface area contributed by atoms with Crippen LogP contribution in [0.2, 0.25) is 0 Å². The normalized spacial score (nSPS) is 16.7. The molecule has 0 unspecified atom stereocenters. The smallest absolute Gasteiger partial charge is 0.148 e. The van der Waals surface area contributed by atoms with Crippen LogP contribution in [0.15, 0.2) is 0 Å². The Kier molecular flexibility index (Phi) is 4.15. The molecule has 1 aliphatic rings. The van der Waals surface area contributed by atoms with Crippen LogP contribution in [-0.2, 0) is 0 Å². The van der Waals surface area contributed by atoms with Crippen LogP contribution in [0.5, 0.6) is 0 Å². The van der Waals surface area contributed by atoms with Crippen molar-refractivity contribution in [2.24, 2.45) is 5.92 Å². The van der Waals surface area contributed by atoms with E-state index in [0.29, 0.717) is 6.04 Å². The number of hydrogen-bond acceptors (Lipinski definition) is 3. The first-order chi connectivity index (χ1) is 8.59. The molecule has 0 bridgehead atoms. The number of aromatic nitrogens is 2. The van der Waals surface area contributed by atoms with Crippen LogP contribution in [0.1, 0.15) is 57.7 Å². The minimum atomic E-state index is 0.343. The van der Waals surface area contributed by atoms with Crippen molar-refractivity contribution in [2.75, 3.05) is 17.6 Å². The molecular weight excluding hydrogens is 224 g/mol. The first kappa shape index (κ1) is 13.2. The SMILES string of the molecule is Cc1nn(C(C)C)c(NCCC2CCCC2)c1N. The highest BCUT2D eigenvalue weighted by Gasteiger charge is 2.17. The van der Waals surface area contributed by atoms with Crippen molar-refractivity contribution in [3.63, 3.8) is 0 Å². The van der Waals surface area contributed by atoms with Gasteiger partial charge in [0.2, 0.25) is 0 Å². The summed E-state index contributed by atoms with van der Waals surface area (Å²) in [6.07, 6.45) is 6.88. The van der Waals surface area contributed by atoms with Gasteiger partial charge in [0.05, 0.1) is 11.4 Å². The van der Waals surface area contributed by atoms with Gasteiger partial charge in [0.25, 0.3) is 0 Å². The lowest BCUT2D eigenvalue weighted by molar-refractivity contribution is 0.509. The molecule has 2 rings (SSSR count). The Balaban J connectivity index is 1.95. The summed E-state index contributed by atoms with van der Waals surface area (Å²) in [6, 6.07) is 0.343. The second-order valence-electron chi connectivity index (χ2n) is 5.75. The Morgan fingerprint density at radius 2 is 2.06 bits per heavy atom. The molecule has 102 valence electrons. The topological polar surface area (TPSA) is 55.9 Å². The van der Waals surface area contributed by atoms with E-state index in [4.69, 9.17) is 5.73 Å². The molecule has 4 heteroatoms. The number of hydrogen-bond donors (Lipinski definition) is 2. The standard InChI is InChI=1S/C14H26N4/c1-10(2)18-14(13(15)11(3)17-18)16-9-8-12-6-4-5-7-12/h10,12,16H,4-9,15H2,1-3H3. The Morgan fingerprint density at radius 1 is 1.39 bits per heavy atom. The van der Waals surface area contributed by atoms with Crippen LogP contribution < -0.4 is 11.1 Å². The van der Waals surface area contributed by atoms with Gasteiger partial charge in [0, 0.05) is 12.6 Å². The van der Waals surface area contributed by atoms with Crippen LogP contribution in [0, 0.1) is 12.8 Å². The van der Waals surface area contributed by atoms with Gasteiger partial charge in [-0.1, -0.05) is 25.7 Å². The van der Waals surface area contributed by atoms with E-state index in [-0.39, 0.29) is 0 Å². The Bertz CT molecular complexity index is 389. The molecule has 0 amide bonds. The fourth-order valence-corrected chi connectivity index (χ4v) is 2.80. The Hall–Kier alpha value is -1.19. The summed E-state index contributed by atoms with van der Waals surface area (Å²) in [4.78, 5) is 0. The van der Waals surface area contributed by atoms with E-state index >= 15 is 0 Å². The van der Waals surface area contributed by atoms with Gasteiger partial charge in [-0.15, -0.1) is 0 Å². The number of nitrogens with one attached hydrogen (secondary N) is 1. The second kappa shape index (κ2) is 5.63. The highest BCUT2D eigenvalue weighted by atomic mass is 15.4. The largest absolute Gasteiger partial charge is 0.394 e. The quantitative estimate of drug-likeness (QED) is 0.842. The minimum Gasteiger partial charge on any atom is -0.394 e. The minimum absolute atomic E-state index is 0.343. The maximum Gasteiger partial charge on any atom is 0.148 e. The molecule has 1 heterocycles. The Morgan fingerprint density at radius 3 is 2.67 bits per heavy atom. The number of rotatable bonds is 5. The number of aryl methyl sites for hydroxylation is 1. The van der Waals surface area contributed by atoms with Crippen molar-refractivity contribution in [1.29, 1.82) is 0 Å². The summed E-state index contributed by atoms with van der Waals surface area (Å²) in [5.74, 6) is 1.91. The van der Waals surface area contributed by atoms with Gasteiger partial charge in [-0.05, 0) is 33.1 Å². The molecule has 1 fully saturated rings. The van der Waals surface area contributed by atoms with E-state index in [1.165, 1.54) is 32.1 Å². The number of anilines is 2. The van der Waals surface area contributed by atoms with Gasteiger partial charge in [0.15, 0.2) is 0 Å². The lowest BCUT2D eigenvalue weighted by atomic mass is 10.0. The third-order valence-electron chi connectivity index (χ3n) is 3.94. The molecule has 0 radical (unpaired) electrons. The zero-order chi connectivity index (χ0) is 13.1. The number of nitrogens with zero attached hydrogens (tertiary/aromatic N) is 2. The molecule has 0 saturated heterocycles. The average molecular weight is 250 g/mol. The summed E-state index contributed by atoms with van der Waals surface area (Å²) in [6.45, 7) is 7.24. The monoisotopic (exact) mass is 250 g/mol. The van der Waals surface area contributed by atoms with Gasteiger partial charge >= 0.3 is 0 Å². The van der Waals surface area contributed by atoms with E-state index in [1.807, 2.05) is 11.6 Å². The fraction of sp³-hybridized carbons (Fsp3) is 0.786. The van der Waals surface area contributed by atoms with Crippen molar-refractivity contribution in [3.8, 4) is 0 Å². The van der Waals surface area contributed by atoms with Gasteiger partial charge in [-0.2, -0.15) is 5.10 Å². The van der Waals surface area contributed by atoms with Crippen LogP contribution in [0.25, 0.3) is 0 Å². The molecule has 0 aromatic carbocycles. The maximum atomic E-state index is 6.09. The zero-order valence-corrected chi connectivity index (χ0v) is 11.9. The van der Waals surface area contributed by atoms with Gasteiger partial charge < -0.3 is 11.1 Å². The third kappa shape index (κ3) is 2.79. The molecule has 1 aromatic heterocycles. The summed E-state index contributed by atoms with van der Waals surface area (Å²) in [5, 5.41) is 7.98. The van der Waals surface area contributed by atoms with Crippen molar-refractivity contribution in [1.82, 2.24) is 9.78 Å². The first-order valence-corrected chi connectivity index (χ1v) is 7.18.